The Morgan fingerprint density at radius 3 is 2.43 bits per heavy atom. The molecule has 1 N–H and O–H groups in total. The molecule has 0 unspecified atom stereocenters. The zero-order chi connectivity index (χ0) is 15.8. The van der Waals surface area contributed by atoms with E-state index in [1.807, 2.05) is 27.7 Å². The Hall–Kier alpha value is -1.60. The Balaban J connectivity index is 2.25. The highest BCUT2D eigenvalue weighted by molar-refractivity contribution is 6.54. The molecule has 7 heteroatoms. The maximum Gasteiger partial charge on any atom is 0.525 e. The number of methoxy groups -OCH3 is 1. The molecule has 0 bridgehead atoms. The largest absolute Gasteiger partial charge is 0.525 e. The number of hydrogen-bond acceptors (Lipinski definition) is 4. The molecular weight excluding hydrogens is 276 g/mol. The van der Waals surface area contributed by atoms with Gasteiger partial charge in [0.25, 0.3) is 5.56 Å². The van der Waals surface area contributed by atoms with Crippen LogP contribution in [0.1, 0.15) is 33.3 Å². The first kappa shape index (κ1) is 15.8. The molecule has 1 aliphatic heterocycles. The summed E-state index contributed by atoms with van der Waals surface area (Å²) in [7, 11) is 0.316. The zero-order valence-electron chi connectivity index (χ0n) is 12.8. The second-order valence-corrected chi connectivity index (χ2v) is 5.95. The van der Waals surface area contributed by atoms with Crippen molar-refractivity contribution >= 4 is 13.2 Å². The maximum atomic E-state index is 14.3. The van der Waals surface area contributed by atoms with Gasteiger partial charge < -0.3 is 19.0 Å². The van der Waals surface area contributed by atoms with E-state index in [4.69, 9.17) is 14.0 Å². The minimum absolute atomic E-state index is 0.116. The first-order valence-corrected chi connectivity index (χ1v) is 6.66. The molecule has 1 aromatic rings. The minimum atomic E-state index is -1.06. The van der Waals surface area contributed by atoms with Crippen molar-refractivity contribution in [1.29, 1.82) is 0 Å². The van der Waals surface area contributed by atoms with Crippen molar-refractivity contribution in [2.75, 3.05) is 7.11 Å². The molecular formula is C14H19BFNO4. The maximum absolute atomic E-state index is 14.3. The van der Waals surface area contributed by atoms with Crippen LogP contribution >= 0.6 is 0 Å². The van der Waals surface area contributed by atoms with E-state index in [1.165, 1.54) is 25.4 Å². The predicted molar refractivity (Wildman–Crippen MR) is 78.8 cm³/mol. The van der Waals surface area contributed by atoms with Crippen LogP contribution in [0.25, 0.3) is 6.08 Å². The van der Waals surface area contributed by atoms with Crippen LogP contribution in [0, 0.1) is 0 Å². The molecule has 0 aliphatic carbocycles. The van der Waals surface area contributed by atoms with E-state index in [0.29, 0.717) is 5.56 Å². The van der Waals surface area contributed by atoms with Gasteiger partial charge in [-0.25, -0.2) is 4.39 Å². The van der Waals surface area contributed by atoms with Crippen molar-refractivity contribution in [3.63, 3.8) is 0 Å². The summed E-state index contributed by atoms with van der Waals surface area (Å²) in [5, 5.41) is 0. The smallest absolute Gasteiger partial charge is 0.491 e. The fourth-order valence-corrected chi connectivity index (χ4v) is 1.90. The van der Waals surface area contributed by atoms with Crippen molar-refractivity contribution in [3.05, 3.63) is 33.9 Å². The molecule has 0 atom stereocenters. The minimum Gasteiger partial charge on any atom is -0.491 e. The summed E-state index contributed by atoms with van der Waals surface area (Å²) in [6.45, 7) is 7.40. The van der Waals surface area contributed by atoms with Gasteiger partial charge in [-0.1, -0.05) is 0 Å². The number of halogens is 1. The van der Waals surface area contributed by atoms with Crippen LogP contribution in [0.3, 0.4) is 0 Å². The quantitative estimate of drug-likeness (QED) is 0.869. The Kier molecular flexibility index (Phi) is 3.99. The van der Waals surface area contributed by atoms with Crippen molar-refractivity contribution in [3.8, 4) is 5.75 Å². The molecule has 5 nitrogen and oxygen atoms in total. The number of hydrogen-bond donors (Lipinski definition) is 1. The topological polar surface area (TPSA) is 60.6 Å². The van der Waals surface area contributed by atoms with Gasteiger partial charge in [-0.3, -0.25) is 4.79 Å². The van der Waals surface area contributed by atoms with Gasteiger partial charge in [-0.2, -0.15) is 0 Å². The monoisotopic (exact) mass is 295 g/mol. The van der Waals surface area contributed by atoms with Crippen LogP contribution in [-0.4, -0.2) is 30.4 Å². The van der Waals surface area contributed by atoms with Gasteiger partial charge in [0.05, 0.1) is 18.3 Å². The molecule has 0 aromatic carbocycles. The summed E-state index contributed by atoms with van der Waals surface area (Å²) in [4.78, 5) is 13.8. The van der Waals surface area contributed by atoms with E-state index in [9.17, 15) is 9.18 Å². The molecule has 0 spiro atoms. The van der Waals surface area contributed by atoms with E-state index in [0.717, 1.165) is 0 Å². The first-order chi connectivity index (χ1) is 9.66. The second kappa shape index (κ2) is 5.31. The summed E-state index contributed by atoms with van der Waals surface area (Å²) in [5.41, 5.74) is -1.69. The molecule has 0 radical (unpaired) electrons. The Morgan fingerprint density at radius 1 is 1.33 bits per heavy atom. The lowest BCUT2D eigenvalue weighted by Gasteiger charge is -2.32. The fourth-order valence-electron chi connectivity index (χ4n) is 1.90. The molecule has 0 amide bonds. The molecule has 1 aliphatic rings. The van der Waals surface area contributed by atoms with Gasteiger partial charge in [0, 0.05) is 6.20 Å². The average Bonchev–Trinajstić information content (AvgIpc) is 2.61. The van der Waals surface area contributed by atoms with Crippen LogP contribution in [0.15, 0.2) is 22.8 Å². The van der Waals surface area contributed by atoms with Gasteiger partial charge >= 0.3 is 7.12 Å². The van der Waals surface area contributed by atoms with Crippen LogP contribution in [0.2, 0.25) is 0 Å². The molecule has 2 heterocycles. The summed E-state index contributed by atoms with van der Waals surface area (Å²) in [6.07, 6.45) is 2.65. The molecule has 2 rings (SSSR count). The van der Waals surface area contributed by atoms with Crippen molar-refractivity contribution in [1.82, 2.24) is 4.98 Å². The zero-order valence-corrected chi connectivity index (χ0v) is 12.8. The Bertz CT molecular complexity index is 608. The highest BCUT2D eigenvalue weighted by atomic mass is 19.1. The number of pyridine rings is 1. The first-order valence-electron chi connectivity index (χ1n) is 6.66. The van der Waals surface area contributed by atoms with E-state index in [2.05, 4.69) is 4.98 Å². The van der Waals surface area contributed by atoms with E-state index in [1.54, 1.807) is 0 Å². The normalized spacial score (nSPS) is 20.7. The average molecular weight is 295 g/mol. The molecule has 1 aromatic heterocycles. The summed E-state index contributed by atoms with van der Waals surface area (Å²) in [6, 6.07) is 1.45. The number of nitrogens with one attached hydrogen (secondary N) is 1. The molecule has 1 fully saturated rings. The molecule has 0 saturated carbocycles. The third kappa shape index (κ3) is 3.03. The number of ether oxygens (including phenoxy) is 1. The van der Waals surface area contributed by atoms with Crippen molar-refractivity contribution < 1.29 is 18.4 Å². The van der Waals surface area contributed by atoms with E-state index >= 15 is 0 Å². The predicted octanol–water partition coefficient (Wildman–Crippen LogP) is 2.33. The van der Waals surface area contributed by atoms with Crippen LogP contribution < -0.4 is 10.3 Å². The number of rotatable bonds is 3. The summed E-state index contributed by atoms with van der Waals surface area (Å²) < 4.78 is 30.4. The van der Waals surface area contributed by atoms with Gasteiger partial charge in [-0.15, -0.1) is 0 Å². The third-order valence-corrected chi connectivity index (χ3v) is 3.89. The SMILES string of the molecule is COc1cc(C=C(F)B2OC(C)(C)C(C)(C)O2)c[nH]c1=O. The van der Waals surface area contributed by atoms with Crippen LogP contribution in [0.5, 0.6) is 5.75 Å². The summed E-state index contributed by atoms with van der Waals surface area (Å²) in [5.74, 6) is 0.116. The molecule has 1 saturated heterocycles. The van der Waals surface area contributed by atoms with Gasteiger partial charge in [0.15, 0.2) is 5.75 Å². The lowest BCUT2D eigenvalue weighted by atomic mass is 9.87. The lowest BCUT2D eigenvalue weighted by Crippen LogP contribution is -2.41. The van der Waals surface area contributed by atoms with Gasteiger partial charge in [-0.05, 0) is 45.4 Å². The number of H-pyrrole nitrogens is 1. The number of aromatic nitrogens is 1. The highest BCUT2D eigenvalue weighted by Crippen LogP contribution is 2.39. The third-order valence-electron chi connectivity index (χ3n) is 3.89. The fraction of sp³-hybridized carbons (Fsp3) is 0.500. The van der Waals surface area contributed by atoms with Crippen LogP contribution in [-0.2, 0) is 9.31 Å². The van der Waals surface area contributed by atoms with Crippen molar-refractivity contribution in [2.24, 2.45) is 0 Å². The Morgan fingerprint density at radius 2 is 1.90 bits per heavy atom. The highest BCUT2D eigenvalue weighted by Gasteiger charge is 2.53. The van der Waals surface area contributed by atoms with Crippen molar-refractivity contribution in [2.45, 2.75) is 38.9 Å². The number of aromatic amines is 1. The Labute approximate surface area is 123 Å². The molecule has 21 heavy (non-hydrogen) atoms. The molecule has 114 valence electrons. The second-order valence-electron chi connectivity index (χ2n) is 5.95. The lowest BCUT2D eigenvalue weighted by molar-refractivity contribution is 0.00578. The van der Waals surface area contributed by atoms with Gasteiger partial charge in [0.1, 0.15) is 5.73 Å². The summed E-state index contributed by atoms with van der Waals surface area (Å²) >= 11 is 0. The van der Waals surface area contributed by atoms with Gasteiger partial charge in [0.2, 0.25) is 0 Å². The van der Waals surface area contributed by atoms with E-state index < -0.39 is 24.0 Å². The standard InChI is InChI=1S/C14H19BFNO4/c1-13(2)14(3,4)21-15(20-13)11(16)7-9-6-10(19-5)12(18)17-8-9/h6-8H,1-5H3,(H,17,18). The van der Waals surface area contributed by atoms with Crippen LogP contribution in [0.4, 0.5) is 4.39 Å². The van der Waals surface area contributed by atoms with E-state index in [-0.39, 0.29) is 11.3 Å².